The minimum atomic E-state index is -2.78. The van der Waals surface area contributed by atoms with Crippen LogP contribution in [0.1, 0.15) is 18.1 Å². The smallest absolute Gasteiger partial charge is 0.285 e. The number of rotatable bonds is 4. The zero-order valence-electron chi connectivity index (χ0n) is 8.48. The summed E-state index contributed by atoms with van der Waals surface area (Å²) >= 11 is 0. The summed E-state index contributed by atoms with van der Waals surface area (Å²) in [5.74, 6) is -2.78. The Bertz CT molecular complexity index is 297. The maximum absolute atomic E-state index is 13.5. The van der Waals surface area contributed by atoms with Crippen molar-refractivity contribution < 1.29 is 8.78 Å². The molecule has 0 saturated carbocycles. The second-order valence-corrected chi connectivity index (χ2v) is 3.30. The lowest BCUT2D eigenvalue weighted by atomic mass is 10.0. The molecule has 0 aromatic heterocycles. The summed E-state index contributed by atoms with van der Waals surface area (Å²) in [4.78, 5) is 0. The van der Waals surface area contributed by atoms with Crippen LogP contribution < -0.4 is 5.32 Å². The van der Waals surface area contributed by atoms with Crippen molar-refractivity contribution in [2.75, 3.05) is 13.1 Å². The highest BCUT2D eigenvalue weighted by molar-refractivity contribution is 5.29. The average Bonchev–Trinajstić information content (AvgIpc) is 2.15. The zero-order chi connectivity index (χ0) is 10.6. The molecule has 0 heterocycles. The topological polar surface area (TPSA) is 12.0 Å². The Hall–Kier alpha value is -0.960. The van der Waals surface area contributed by atoms with E-state index in [4.69, 9.17) is 0 Å². The number of benzene rings is 1. The highest BCUT2D eigenvalue weighted by Crippen LogP contribution is 2.29. The Morgan fingerprint density at radius 3 is 2.50 bits per heavy atom. The Labute approximate surface area is 83.1 Å². The molecule has 1 rings (SSSR count). The van der Waals surface area contributed by atoms with Gasteiger partial charge in [-0.2, -0.15) is 8.78 Å². The third-order valence-electron chi connectivity index (χ3n) is 2.14. The van der Waals surface area contributed by atoms with E-state index in [0.29, 0.717) is 12.1 Å². The van der Waals surface area contributed by atoms with E-state index in [1.165, 1.54) is 6.07 Å². The van der Waals surface area contributed by atoms with Crippen LogP contribution in [0, 0.1) is 6.92 Å². The van der Waals surface area contributed by atoms with Crippen molar-refractivity contribution in [1.82, 2.24) is 5.32 Å². The maximum atomic E-state index is 13.5. The fourth-order valence-electron chi connectivity index (χ4n) is 1.36. The highest BCUT2D eigenvalue weighted by Gasteiger charge is 2.31. The predicted molar refractivity (Wildman–Crippen MR) is 53.6 cm³/mol. The molecule has 3 heteroatoms. The van der Waals surface area contributed by atoms with Crippen molar-refractivity contribution in [1.29, 1.82) is 0 Å². The highest BCUT2D eigenvalue weighted by atomic mass is 19.3. The van der Waals surface area contributed by atoms with Crippen molar-refractivity contribution in [3.63, 3.8) is 0 Å². The minimum absolute atomic E-state index is 0.112. The van der Waals surface area contributed by atoms with E-state index in [-0.39, 0.29) is 12.1 Å². The molecule has 0 saturated heterocycles. The number of hydrogen-bond acceptors (Lipinski definition) is 1. The number of likely N-dealkylation sites (N-methyl/N-ethyl adjacent to an activating group) is 1. The predicted octanol–water partition coefficient (Wildman–Crippen LogP) is 2.70. The molecule has 0 aliphatic carbocycles. The number of aryl methyl sites for hydroxylation is 1. The van der Waals surface area contributed by atoms with Gasteiger partial charge >= 0.3 is 0 Å². The molecule has 0 unspecified atom stereocenters. The van der Waals surface area contributed by atoms with Gasteiger partial charge in [0, 0.05) is 5.56 Å². The maximum Gasteiger partial charge on any atom is 0.285 e. The van der Waals surface area contributed by atoms with E-state index in [2.05, 4.69) is 5.32 Å². The van der Waals surface area contributed by atoms with Crippen LogP contribution in [0.5, 0.6) is 0 Å². The molecular formula is C11H15F2N. The van der Waals surface area contributed by atoms with Gasteiger partial charge in [0.25, 0.3) is 5.92 Å². The monoisotopic (exact) mass is 199 g/mol. The van der Waals surface area contributed by atoms with E-state index in [9.17, 15) is 8.78 Å². The summed E-state index contributed by atoms with van der Waals surface area (Å²) in [6.45, 7) is 3.78. The Kier molecular flexibility index (Phi) is 3.58. The van der Waals surface area contributed by atoms with Crippen LogP contribution in [0.2, 0.25) is 0 Å². The van der Waals surface area contributed by atoms with Gasteiger partial charge in [-0.05, 0) is 19.0 Å². The first-order valence-corrected chi connectivity index (χ1v) is 4.72. The largest absolute Gasteiger partial charge is 0.311 e. The molecule has 0 fully saturated rings. The van der Waals surface area contributed by atoms with Crippen LogP contribution in [0.15, 0.2) is 24.3 Å². The molecular weight excluding hydrogens is 184 g/mol. The van der Waals surface area contributed by atoms with Crippen molar-refractivity contribution in [3.8, 4) is 0 Å². The molecule has 0 amide bonds. The number of nitrogens with one attached hydrogen (secondary N) is 1. The lowest BCUT2D eigenvalue weighted by Gasteiger charge is -2.18. The number of alkyl halides is 2. The van der Waals surface area contributed by atoms with Crippen LogP contribution in [-0.2, 0) is 5.92 Å². The Morgan fingerprint density at radius 2 is 1.93 bits per heavy atom. The van der Waals surface area contributed by atoms with E-state index >= 15 is 0 Å². The van der Waals surface area contributed by atoms with Crippen molar-refractivity contribution in [2.24, 2.45) is 0 Å². The molecule has 78 valence electrons. The summed E-state index contributed by atoms with van der Waals surface area (Å²) < 4.78 is 27.1. The van der Waals surface area contributed by atoms with Crippen LogP contribution in [-0.4, -0.2) is 13.1 Å². The van der Waals surface area contributed by atoms with E-state index in [1.54, 1.807) is 25.1 Å². The Balaban J connectivity index is 2.86. The quantitative estimate of drug-likeness (QED) is 0.786. The molecule has 0 radical (unpaired) electrons. The van der Waals surface area contributed by atoms with Gasteiger partial charge in [-0.25, -0.2) is 0 Å². The van der Waals surface area contributed by atoms with Crippen LogP contribution in [0.3, 0.4) is 0 Å². The first kappa shape index (κ1) is 11.1. The molecule has 0 spiro atoms. The fraction of sp³-hybridized carbons (Fsp3) is 0.455. The SMILES string of the molecule is CCNCC(F)(F)c1ccccc1C. The lowest BCUT2D eigenvalue weighted by molar-refractivity contribution is -0.00320. The normalized spacial score (nSPS) is 11.7. The summed E-state index contributed by atoms with van der Waals surface area (Å²) in [5.41, 5.74) is 0.747. The van der Waals surface area contributed by atoms with Gasteiger partial charge in [-0.1, -0.05) is 31.2 Å². The van der Waals surface area contributed by atoms with E-state index in [0.717, 1.165) is 0 Å². The molecule has 1 aromatic rings. The summed E-state index contributed by atoms with van der Waals surface area (Å²) in [5, 5.41) is 2.66. The molecule has 0 aliphatic heterocycles. The van der Waals surface area contributed by atoms with Crippen LogP contribution >= 0.6 is 0 Å². The van der Waals surface area contributed by atoms with Crippen molar-refractivity contribution in [2.45, 2.75) is 19.8 Å². The van der Waals surface area contributed by atoms with Crippen LogP contribution in [0.4, 0.5) is 8.78 Å². The first-order valence-electron chi connectivity index (χ1n) is 4.72. The molecule has 0 aliphatic rings. The van der Waals surface area contributed by atoms with Gasteiger partial charge in [0.2, 0.25) is 0 Å². The second-order valence-electron chi connectivity index (χ2n) is 3.30. The molecule has 1 N–H and O–H groups in total. The molecule has 1 aromatic carbocycles. The van der Waals surface area contributed by atoms with E-state index < -0.39 is 5.92 Å². The fourth-order valence-corrected chi connectivity index (χ4v) is 1.36. The number of halogens is 2. The lowest BCUT2D eigenvalue weighted by Crippen LogP contribution is -2.31. The van der Waals surface area contributed by atoms with Gasteiger partial charge in [-0.15, -0.1) is 0 Å². The minimum Gasteiger partial charge on any atom is -0.311 e. The summed E-state index contributed by atoms with van der Waals surface area (Å²) in [7, 11) is 0. The number of hydrogen-bond donors (Lipinski definition) is 1. The van der Waals surface area contributed by atoms with Crippen molar-refractivity contribution >= 4 is 0 Å². The third kappa shape index (κ3) is 2.51. The summed E-state index contributed by atoms with van der Waals surface area (Å²) in [6, 6.07) is 6.59. The molecule has 0 bridgehead atoms. The van der Waals surface area contributed by atoms with Gasteiger partial charge in [0.05, 0.1) is 6.54 Å². The average molecular weight is 199 g/mol. The van der Waals surface area contributed by atoms with Gasteiger partial charge in [0.1, 0.15) is 0 Å². The van der Waals surface area contributed by atoms with E-state index in [1.807, 2.05) is 6.92 Å². The van der Waals surface area contributed by atoms with Crippen LogP contribution in [0.25, 0.3) is 0 Å². The molecule has 1 nitrogen and oxygen atoms in total. The van der Waals surface area contributed by atoms with Gasteiger partial charge < -0.3 is 5.32 Å². The zero-order valence-corrected chi connectivity index (χ0v) is 8.48. The standard InChI is InChI=1S/C11H15F2N/c1-3-14-8-11(12,13)10-7-5-4-6-9(10)2/h4-7,14H,3,8H2,1-2H3. The molecule has 0 atom stereocenters. The molecule has 14 heavy (non-hydrogen) atoms. The van der Waals surface area contributed by atoms with Gasteiger partial charge in [-0.3, -0.25) is 0 Å². The Morgan fingerprint density at radius 1 is 1.29 bits per heavy atom. The van der Waals surface area contributed by atoms with Crippen molar-refractivity contribution in [3.05, 3.63) is 35.4 Å². The first-order chi connectivity index (χ1) is 6.58. The van der Waals surface area contributed by atoms with Gasteiger partial charge in [0.15, 0.2) is 0 Å². The summed E-state index contributed by atoms with van der Waals surface area (Å²) in [6.07, 6.45) is 0. The second kappa shape index (κ2) is 4.51. The third-order valence-corrected chi connectivity index (χ3v) is 2.14.